The molecule has 0 radical (unpaired) electrons. The summed E-state index contributed by atoms with van der Waals surface area (Å²) in [5, 5.41) is 2.54. The molecule has 2 amide bonds. The van der Waals surface area contributed by atoms with Crippen LogP contribution in [0.1, 0.15) is 41.4 Å². The fourth-order valence-corrected chi connectivity index (χ4v) is 3.22. The molecule has 5 nitrogen and oxygen atoms in total. The molecule has 1 aliphatic carbocycles. The maximum atomic E-state index is 13.4. The second-order valence-corrected chi connectivity index (χ2v) is 6.27. The van der Waals surface area contributed by atoms with Crippen molar-refractivity contribution in [3.63, 3.8) is 0 Å². The van der Waals surface area contributed by atoms with E-state index in [0.717, 1.165) is 29.0 Å². The molecule has 0 bridgehead atoms. The highest BCUT2D eigenvalue weighted by molar-refractivity contribution is 5.99. The fraction of sp³-hybridized carbons (Fsp3) is 0.471. The molecule has 1 N–H and O–H groups in total. The lowest BCUT2D eigenvalue weighted by molar-refractivity contribution is -0.131. The van der Waals surface area contributed by atoms with Gasteiger partial charge in [-0.15, -0.1) is 0 Å². The second kappa shape index (κ2) is 6.30. The Labute approximate surface area is 138 Å². The minimum Gasteiger partial charge on any atom is -0.343 e. The summed E-state index contributed by atoms with van der Waals surface area (Å²) in [4.78, 5) is 29.9. The molecule has 1 atom stereocenters. The van der Waals surface area contributed by atoms with E-state index in [1.54, 1.807) is 19.2 Å². The number of pyridine rings is 1. The van der Waals surface area contributed by atoms with Crippen LogP contribution in [0.2, 0.25) is 0 Å². The number of halogens is 2. The first-order valence-corrected chi connectivity index (χ1v) is 7.97. The largest absolute Gasteiger partial charge is 0.343 e. The normalized spacial score (nSPS) is 21.5. The fourth-order valence-electron chi connectivity index (χ4n) is 3.22. The number of aryl methyl sites for hydroxylation is 1. The average molecular weight is 335 g/mol. The highest BCUT2D eigenvalue weighted by atomic mass is 19.3. The third-order valence-electron chi connectivity index (χ3n) is 4.40. The predicted molar refractivity (Wildman–Crippen MR) is 84.7 cm³/mol. The number of rotatable bonds is 3. The van der Waals surface area contributed by atoms with Crippen molar-refractivity contribution < 1.29 is 18.4 Å². The summed E-state index contributed by atoms with van der Waals surface area (Å²) in [6.07, 6.45) is 6.70. The molecule has 0 aromatic carbocycles. The van der Waals surface area contributed by atoms with E-state index in [4.69, 9.17) is 0 Å². The standard InChI is InChI=1S/C17H19F2N3O2/c1-11-8-17(18,19)10-22(11)15(23)9-21-16(24)13-6-7-20-14-5-3-2-4-12(13)14/h2,4,6-7,11H,3,5,8-10H2,1H3,(H,21,24). The van der Waals surface area contributed by atoms with E-state index in [1.165, 1.54) is 0 Å². The van der Waals surface area contributed by atoms with Gasteiger partial charge in [0.2, 0.25) is 5.91 Å². The number of fused-ring (bicyclic) bond motifs is 1. The van der Waals surface area contributed by atoms with Crippen molar-refractivity contribution in [3.05, 3.63) is 35.2 Å². The van der Waals surface area contributed by atoms with Gasteiger partial charge in [-0.25, -0.2) is 8.78 Å². The molecule has 0 saturated carbocycles. The Morgan fingerprint density at radius 2 is 2.25 bits per heavy atom. The van der Waals surface area contributed by atoms with E-state index in [1.807, 2.05) is 12.2 Å². The minimum absolute atomic E-state index is 0.292. The number of aromatic nitrogens is 1. The number of hydrogen-bond acceptors (Lipinski definition) is 3. The number of allylic oxidation sites excluding steroid dienone is 1. The summed E-state index contributed by atoms with van der Waals surface area (Å²) >= 11 is 0. The molecule has 2 aliphatic rings. The van der Waals surface area contributed by atoms with Gasteiger partial charge in [-0.3, -0.25) is 14.6 Å². The van der Waals surface area contributed by atoms with Crippen LogP contribution in [0.25, 0.3) is 6.08 Å². The zero-order valence-electron chi connectivity index (χ0n) is 13.4. The Kier molecular flexibility index (Phi) is 4.34. The van der Waals surface area contributed by atoms with Gasteiger partial charge < -0.3 is 10.2 Å². The molecule has 1 aliphatic heterocycles. The van der Waals surface area contributed by atoms with Crippen molar-refractivity contribution in [2.45, 2.75) is 38.2 Å². The molecule has 1 aromatic heterocycles. The molecule has 1 aromatic rings. The quantitative estimate of drug-likeness (QED) is 0.919. The average Bonchev–Trinajstić information content (AvgIpc) is 2.84. The van der Waals surface area contributed by atoms with Crippen LogP contribution in [0.5, 0.6) is 0 Å². The second-order valence-electron chi connectivity index (χ2n) is 6.27. The number of nitrogens with one attached hydrogen (secondary N) is 1. The number of carbonyl (C=O) groups is 2. The van der Waals surface area contributed by atoms with Gasteiger partial charge in [0.15, 0.2) is 0 Å². The van der Waals surface area contributed by atoms with Crippen LogP contribution in [-0.2, 0) is 11.2 Å². The van der Waals surface area contributed by atoms with Gasteiger partial charge in [0.05, 0.1) is 13.1 Å². The van der Waals surface area contributed by atoms with E-state index in [2.05, 4.69) is 10.3 Å². The third kappa shape index (κ3) is 3.29. The van der Waals surface area contributed by atoms with Crippen LogP contribution < -0.4 is 5.32 Å². The molecule has 1 unspecified atom stereocenters. The van der Waals surface area contributed by atoms with E-state index in [-0.39, 0.29) is 13.0 Å². The zero-order chi connectivity index (χ0) is 17.3. The molecular weight excluding hydrogens is 316 g/mol. The number of carbonyl (C=O) groups excluding carboxylic acids is 2. The number of alkyl halides is 2. The summed E-state index contributed by atoms with van der Waals surface area (Å²) in [6.45, 7) is 0.709. The van der Waals surface area contributed by atoms with Gasteiger partial charge in [0.25, 0.3) is 11.8 Å². The van der Waals surface area contributed by atoms with Crippen LogP contribution in [0.4, 0.5) is 8.78 Å². The predicted octanol–water partition coefficient (Wildman–Crippen LogP) is 2.03. The molecule has 128 valence electrons. The van der Waals surface area contributed by atoms with Crippen molar-refractivity contribution in [3.8, 4) is 0 Å². The Morgan fingerprint density at radius 3 is 2.96 bits per heavy atom. The maximum absolute atomic E-state index is 13.4. The van der Waals surface area contributed by atoms with Crippen molar-refractivity contribution in [1.82, 2.24) is 15.2 Å². The Balaban J connectivity index is 1.65. The topological polar surface area (TPSA) is 62.3 Å². The Morgan fingerprint density at radius 1 is 1.46 bits per heavy atom. The molecule has 24 heavy (non-hydrogen) atoms. The first-order valence-electron chi connectivity index (χ1n) is 7.97. The van der Waals surface area contributed by atoms with Crippen LogP contribution in [0, 0.1) is 0 Å². The van der Waals surface area contributed by atoms with Gasteiger partial charge >= 0.3 is 0 Å². The van der Waals surface area contributed by atoms with Gasteiger partial charge in [-0.1, -0.05) is 12.2 Å². The van der Waals surface area contributed by atoms with Crippen LogP contribution in [0.3, 0.4) is 0 Å². The summed E-state index contributed by atoms with van der Waals surface area (Å²) in [5.41, 5.74) is 2.06. The summed E-state index contributed by atoms with van der Waals surface area (Å²) in [7, 11) is 0. The van der Waals surface area contributed by atoms with Gasteiger partial charge in [-0.2, -0.15) is 0 Å². The monoisotopic (exact) mass is 335 g/mol. The summed E-state index contributed by atoms with van der Waals surface area (Å²) in [5.74, 6) is -3.74. The molecule has 2 heterocycles. The van der Waals surface area contributed by atoms with E-state index < -0.39 is 30.3 Å². The van der Waals surface area contributed by atoms with Crippen molar-refractivity contribution >= 4 is 17.9 Å². The smallest absolute Gasteiger partial charge is 0.267 e. The lowest BCUT2D eigenvalue weighted by atomic mass is 9.98. The van der Waals surface area contributed by atoms with E-state index in [0.29, 0.717) is 5.56 Å². The molecule has 0 spiro atoms. The van der Waals surface area contributed by atoms with Crippen LogP contribution >= 0.6 is 0 Å². The molecule has 1 saturated heterocycles. The minimum atomic E-state index is -2.85. The highest BCUT2D eigenvalue weighted by Gasteiger charge is 2.44. The SMILES string of the molecule is CC1CC(F)(F)CN1C(=O)CNC(=O)c1ccnc2c1C=CCC2. The number of hydrogen-bond donors (Lipinski definition) is 1. The third-order valence-corrected chi connectivity index (χ3v) is 4.40. The molecule has 3 rings (SSSR count). The molecule has 1 fully saturated rings. The van der Waals surface area contributed by atoms with E-state index in [9.17, 15) is 18.4 Å². The first-order chi connectivity index (χ1) is 11.4. The van der Waals surface area contributed by atoms with Gasteiger partial charge in [-0.05, 0) is 25.8 Å². The Hall–Kier alpha value is -2.31. The zero-order valence-corrected chi connectivity index (χ0v) is 13.4. The summed E-state index contributed by atoms with van der Waals surface area (Å²) < 4.78 is 26.7. The lowest BCUT2D eigenvalue weighted by Gasteiger charge is -2.21. The van der Waals surface area contributed by atoms with Crippen molar-refractivity contribution in [2.75, 3.05) is 13.1 Å². The molecule has 7 heteroatoms. The summed E-state index contributed by atoms with van der Waals surface area (Å²) in [6, 6.07) is 1.07. The van der Waals surface area contributed by atoms with Crippen molar-refractivity contribution in [1.29, 1.82) is 0 Å². The number of nitrogens with zero attached hydrogens (tertiary/aromatic N) is 2. The maximum Gasteiger partial charge on any atom is 0.267 e. The lowest BCUT2D eigenvalue weighted by Crippen LogP contribution is -2.42. The van der Waals surface area contributed by atoms with E-state index >= 15 is 0 Å². The Bertz CT molecular complexity index is 703. The first kappa shape index (κ1) is 16.5. The number of likely N-dealkylation sites (tertiary alicyclic amines) is 1. The highest BCUT2D eigenvalue weighted by Crippen LogP contribution is 2.31. The van der Waals surface area contributed by atoms with Gasteiger partial charge in [0.1, 0.15) is 0 Å². The van der Waals surface area contributed by atoms with Crippen molar-refractivity contribution in [2.24, 2.45) is 0 Å². The molecular formula is C17H19F2N3O2. The number of amides is 2. The van der Waals surface area contributed by atoms with Gasteiger partial charge in [0, 0.05) is 35.5 Å². The van der Waals surface area contributed by atoms with Crippen LogP contribution in [-0.4, -0.2) is 46.8 Å². The van der Waals surface area contributed by atoms with Crippen LogP contribution in [0.15, 0.2) is 18.3 Å².